The van der Waals surface area contributed by atoms with Crippen LogP contribution in [0, 0.1) is 12.8 Å². The maximum absolute atomic E-state index is 12.5. The summed E-state index contributed by atoms with van der Waals surface area (Å²) in [6, 6.07) is 3.68. The van der Waals surface area contributed by atoms with Crippen molar-refractivity contribution in [1.29, 1.82) is 0 Å². The summed E-state index contributed by atoms with van der Waals surface area (Å²) >= 11 is 0. The number of aliphatic hydroxyl groups excluding tert-OH is 1. The van der Waals surface area contributed by atoms with E-state index < -0.39 is 0 Å². The van der Waals surface area contributed by atoms with Crippen LogP contribution < -0.4 is 10.9 Å². The van der Waals surface area contributed by atoms with E-state index in [1.165, 1.54) is 10.6 Å². The van der Waals surface area contributed by atoms with Crippen molar-refractivity contribution in [3.8, 4) is 0 Å². The quantitative estimate of drug-likeness (QED) is 0.894. The van der Waals surface area contributed by atoms with Gasteiger partial charge >= 0.3 is 0 Å². The van der Waals surface area contributed by atoms with Crippen LogP contribution in [0.5, 0.6) is 0 Å². The first-order valence-electron chi connectivity index (χ1n) is 7.98. The summed E-state index contributed by atoms with van der Waals surface area (Å²) in [5.41, 5.74) is 1.26. The number of aliphatic hydroxyl groups is 1. The minimum atomic E-state index is -0.370. The third kappa shape index (κ3) is 3.27. The maximum atomic E-state index is 12.5. The lowest BCUT2D eigenvalue weighted by atomic mass is 9.86. The minimum absolute atomic E-state index is 0.0587. The third-order valence-electron chi connectivity index (χ3n) is 4.55. The monoisotopic (exact) mass is 315 g/mol. The van der Waals surface area contributed by atoms with Crippen molar-refractivity contribution in [2.75, 3.05) is 6.61 Å². The second-order valence-electron chi connectivity index (χ2n) is 6.28. The molecule has 23 heavy (non-hydrogen) atoms. The number of rotatable bonds is 3. The summed E-state index contributed by atoms with van der Waals surface area (Å²) < 4.78 is 1.39. The Kier molecular flexibility index (Phi) is 4.43. The molecule has 0 atom stereocenters. The lowest BCUT2D eigenvalue weighted by Gasteiger charge is -2.27. The molecule has 0 aliphatic heterocycles. The van der Waals surface area contributed by atoms with Gasteiger partial charge in [-0.2, -0.15) is 0 Å². The molecule has 1 aliphatic rings. The molecule has 1 amide bonds. The molecule has 6 nitrogen and oxygen atoms in total. The van der Waals surface area contributed by atoms with E-state index in [1.54, 1.807) is 12.3 Å². The number of hydrogen-bond donors (Lipinski definition) is 2. The second-order valence-corrected chi connectivity index (χ2v) is 6.28. The van der Waals surface area contributed by atoms with E-state index in [9.17, 15) is 9.59 Å². The fourth-order valence-corrected chi connectivity index (χ4v) is 3.08. The average Bonchev–Trinajstić information content (AvgIpc) is 2.55. The van der Waals surface area contributed by atoms with Crippen LogP contribution in [0.15, 0.2) is 29.3 Å². The van der Waals surface area contributed by atoms with Gasteiger partial charge in [-0.05, 0) is 56.2 Å². The first kappa shape index (κ1) is 15.7. The van der Waals surface area contributed by atoms with Gasteiger partial charge in [0.2, 0.25) is 0 Å². The first-order chi connectivity index (χ1) is 11.1. The number of amides is 1. The van der Waals surface area contributed by atoms with E-state index in [0.29, 0.717) is 11.6 Å². The Labute approximate surface area is 134 Å². The van der Waals surface area contributed by atoms with Crippen molar-refractivity contribution in [2.24, 2.45) is 5.92 Å². The van der Waals surface area contributed by atoms with Crippen molar-refractivity contribution in [1.82, 2.24) is 14.7 Å². The molecule has 122 valence electrons. The third-order valence-corrected chi connectivity index (χ3v) is 4.55. The highest BCUT2D eigenvalue weighted by atomic mass is 16.3. The zero-order valence-electron chi connectivity index (χ0n) is 13.2. The molecular weight excluding hydrogens is 294 g/mol. The van der Waals surface area contributed by atoms with E-state index >= 15 is 0 Å². The SMILES string of the molecule is Cc1ccn2c(=O)c(C(=O)NC3CCC(CO)CC3)cnc2c1. The number of fused-ring (bicyclic) bond motifs is 1. The van der Waals surface area contributed by atoms with Gasteiger partial charge in [0.25, 0.3) is 11.5 Å². The van der Waals surface area contributed by atoms with E-state index in [2.05, 4.69) is 10.3 Å². The number of aromatic nitrogens is 2. The Balaban J connectivity index is 1.78. The van der Waals surface area contributed by atoms with Crippen molar-refractivity contribution in [2.45, 2.75) is 38.6 Å². The fourth-order valence-electron chi connectivity index (χ4n) is 3.08. The van der Waals surface area contributed by atoms with Crippen molar-refractivity contribution < 1.29 is 9.90 Å². The van der Waals surface area contributed by atoms with Gasteiger partial charge in [-0.1, -0.05) is 0 Å². The largest absolute Gasteiger partial charge is 0.396 e. The molecule has 0 spiro atoms. The van der Waals surface area contributed by atoms with E-state index in [4.69, 9.17) is 5.11 Å². The number of pyridine rings is 1. The van der Waals surface area contributed by atoms with Gasteiger partial charge in [-0.25, -0.2) is 4.98 Å². The molecule has 2 aromatic heterocycles. The van der Waals surface area contributed by atoms with Crippen molar-refractivity contribution in [3.05, 3.63) is 46.0 Å². The first-order valence-corrected chi connectivity index (χ1v) is 7.98. The molecule has 0 unspecified atom stereocenters. The van der Waals surface area contributed by atoms with Gasteiger partial charge in [0.15, 0.2) is 0 Å². The molecule has 0 bridgehead atoms. The Morgan fingerprint density at radius 2 is 2.13 bits per heavy atom. The maximum Gasteiger partial charge on any atom is 0.270 e. The van der Waals surface area contributed by atoms with Crippen LogP contribution in [-0.2, 0) is 0 Å². The highest BCUT2D eigenvalue weighted by molar-refractivity contribution is 5.93. The van der Waals surface area contributed by atoms with Crippen LogP contribution in [0.1, 0.15) is 41.6 Å². The van der Waals surface area contributed by atoms with Gasteiger partial charge in [0.1, 0.15) is 11.2 Å². The number of hydrogen-bond acceptors (Lipinski definition) is 4. The zero-order valence-corrected chi connectivity index (χ0v) is 13.2. The summed E-state index contributed by atoms with van der Waals surface area (Å²) in [5, 5.41) is 12.1. The molecule has 1 fully saturated rings. The van der Waals surface area contributed by atoms with E-state index in [1.807, 2.05) is 13.0 Å². The van der Waals surface area contributed by atoms with Crippen LogP contribution in [-0.4, -0.2) is 33.0 Å². The average molecular weight is 315 g/mol. The summed E-state index contributed by atoms with van der Waals surface area (Å²) in [6.07, 6.45) is 6.46. The molecule has 6 heteroatoms. The second kappa shape index (κ2) is 6.50. The topological polar surface area (TPSA) is 83.7 Å². The minimum Gasteiger partial charge on any atom is -0.396 e. The number of nitrogens with one attached hydrogen (secondary N) is 1. The molecule has 0 saturated heterocycles. The van der Waals surface area contributed by atoms with Crippen molar-refractivity contribution >= 4 is 11.6 Å². The Hall–Kier alpha value is -2.21. The van der Waals surface area contributed by atoms with Gasteiger partial charge in [-0.15, -0.1) is 0 Å². The molecular formula is C17H21N3O3. The van der Waals surface area contributed by atoms with Crippen LogP contribution in [0.2, 0.25) is 0 Å². The smallest absolute Gasteiger partial charge is 0.270 e. The van der Waals surface area contributed by atoms with Gasteiger partial charge < -0.3 is 10.4 Å². The normalized spacial score (nSPS) is 21.3. The van der Waals surface area contributed by atoms with Crippen LogP contribution in [0.25, 0.3) is 5.65 Å². The molecule has 2 heterocycles. The number of aryl methyl sites for hydroxylation is 1. The molecule has 1 aliphatic carbocycles. The van der Waals surface area contributed by atoms with E-state index in [0.717, 1.165) is 31.2 Å². The molecule has 0 aromatic carbocycles. The van der Waals surface area contributed by atoms with Crippen molar-refractivity contribution in [3.63, 3.8) is 0 Å². The molecule has 3 rings (SSSR count). The molecule has 2 aromatic rings. The lowest BCUT2D eigenvalue weighted by Crippen LogP contribution is -2.40. The van der Waals surface area contributed by atoms with Gasteiger partial charge in [0.05, 0.1) is 0 Å². The van der Waals surface area contributed by atoms with Crippen LogP contribution in [0.3, 0.4) is 0 Å². The number of carbonyl (C=O) groups is 1. The predicted molar refractivity (Wildman–Crippen MR) is 86.5 cm³/mol. The highest BCUT2D eigenvalue weighted by Gasteiger charge is 2.23. The lowest BCUT2D eigenvalue weighted by molar-refractivity contribution is 0.0912. The Bertz CT molecular complexity index is 776. The van der Waals surface area contributed by atoms with E-state index in [-0.39, 0.29) is 29.7 Å². The Morgan fingerprint density at radius 1 is 1.39 bits per heavy atom. The van der Waals surface area contributed by atoms with Crippen LogP contribution >= 0.6 is 0 Å². The van der Waals surface area contributed by atoms with Crippen LogP contribution in [0.4, 0.5) is 0 Å². The predicted octanol–water partition coefficient (Wildman–Crippen LogP) is 1.28. The summed E-state index contributed by atoms with van der Waals surface area (Å²) in [5.74, 6) is -0.0377. The summed E-state index contributed by atoms with van der Waals surface area (Å²) in [4.78, 5) is 29.0. The standard InChI is InChI=1S/C17H21N3O3/c1-11-6-7-20-15(8-11)18-9-14(17(20)23)16(22)19-13-4-2-12(10-21)3-5-13/h6-9,12-13,21H,2-5,10H2,1H3,(H,19,22). The fraction of sp³-hybridized carbons (Fsp3) is 0.471. The van der Waals surface area contributed by atoms with Gasteiger partial charge in [-0.3, -0.25) is 14.0 Å². The molecule has 2 N–H and O–H groups in total. The van der Waals surface area contributed by atoms with Gasteiger partial charge in [0, 0.05) is 25.0 Å². The molecule has 0 radical (unpaired) electrons. The highest BCUT2D eigenvalue weighted by Crippen LogP contribution is 2.23. The molecule has 1 saturated carbocycles. The summed E-state index contributed by atoms with van der Waals surface area (Å²) in [7, 11) is 0. The zero-order chi connectivity index (χ0) is 16.4. The Morgan fingerprint density at radius 3 is 2.83 bits per heavy atom. The summed E-state index contributed by atoms with van der Waals surface area (Å²) in [6.45, 7) is 2.13. The number of carbonyl (C=O) groups excluding carboxylic acids is 1. The number of nitrogens with zero attached hydrogens (tertiary/aromatic N) is 2.